The van der Waals surface area contributed by atoms with Crippen molar-refractivity contribution in [3.8, 4) is 23.0 Å². The average molecular weight is 416 g/mol. The third-order valence-corrected chi connectivity index (χ3v) is 5.06. The Morgan fingerprint density at radius 2 is 1.90 bits per heavy atom. The molecule has 7 heteroatoms. The third-order valence-electron chi connectivity index (χ3n) is 5.06. The van der Waals surface area contributed by atoms with Gasteiger partial charge in [-0.2, -0.15) is 0 Å². The number of benzene rings is 2. The first-order valence-electron chi connectivity index (χ1n) is 9.92. The first-order valence-corrected chi connectivity index (χ1v) is 9.92. The number of Topliss-reactive ketones (excluding diaryl/α,β-unsaturated/α-hetero) is 1. The number of rotatable bonds is 7. The van der Waals surface area contributed by atoms with Crippen molar-refractivity contribution in [1.82, 2.24) is 9.97 Å². The van der Waals surface area contributed by atoms with Gasteiger partial charge >= 0.3 is 0 Å². The van der Waals surface area contributed by atoms with Crippen LogP contribution in [0.1, 0.15) is 17.4 Å². The smallest absolute Gasteiger partial charge is 0.181 e. The molecule has 1 atom stereocenters. The summed E-state index contributed by atoms with van der Waals surface area (Å²) in [4.78, 5) is 21.2. The normalized spacial score (nSPS) is 15.1. The number of carbonyl (C=O) groups excluding carboxylic acids is 1. The maximum atomic E-state index is 12.2. The van der Waals surface area contributed by atoms with Crippen molar-refractivity contribution in [1.29, 1.82) is 0 Å². The third kappa shape index (κ3) is 3.87. The molecule has 3 heterocycles. The highest BCUT2D eigenvalue weighted by atomic mass is 16.6. The minimum absolute atomic E-state index is 0.133. The maximum Gasteiger partial charge on any atom is 0.181 e. The number of aromatic nitrogens is 2. The Bertz CT molecular complexity index is 1300. The molecular formula is C24H20N2O5. The molecule has 0 saturated carbocycles. The number of fused-ring (bicyclic) bond motifs is 2. The topological polar surface area (TPSA) is 83.1 Å². The van der Waals surface area contributed by atoms with Gasteiger partial charge in [-0.15, -0.1) is 0 Å². The molecule has 31 heavy (non-hydrogen) atoms. The number of hydrogen-bond acceptors (Lipinski definition) is 7. The molecule has 156 valence electrons. The lowest BCUT2D eigenvalue weighted by molar-refractivity contribution is 0.101. The zero-order valence-corrected chi connectivity index (χ0v) is 17.1. The summed E-state index contributed by atoms with van der Waals surface area (Å²) in [5, 5.41) is 1.62. The van der Waals surface area contributed by atoms with Gasteiger partial charge in [0.1, 0.15) is 24.2 Å². The van der Waals surface area contributed by atoms with Crippen molar-refractivity contribution in [3.05, 3.63) is 60.4 Å². The molecule has 0 spiro atoms. The van der Waals surface area contributed by atoms with Gasteiger partial charge in [0.15, 0.2) is 23.0 Å². The summed E-state index contributed by atoms with van der Waals surface area (Å²) in [6.07, 6.45) is 1.79. The molecule has 7 nitrogen and oxygen atoms in total. The number of ether oxygens (including phenoxy) is 4. The summed E-state index contributed by atoms with van der Waals surface area (Å²) < 4.78 is 22.7. The summed E-state index contributed by atoms with van der Waals surface area (Å²) >= 11 is 0. The van der Waals surface area contributed by atoms with Crippen LogP contribution >= 0.6 is 0 Å². The molecule has 0 radical (unpaired) electrons. The van der Waals surface area contributed by atoms with E-state index in [0.717, 1.165) is 16.3 Å². The van der Waals surface area contributed by atoms with E-state index in [4.69, 9.17) is 18.9 Å². The fourth-order valence-corrected chi connectivity index (χ4v) is 3.38. The predicted octanol–water partition coefficient (Wildman–Crippen LogP) is 4.56. The quantitative estimate of drug-likeness (QED) is 0.322. The molecule has 1 saturated heterocycles. The van der Waals surface area contributed by atoms with Gasteiger partial charge in [-0.1, -0.05) is 18.2 Å². The minimum Gasteiger partial charge on any atom is -0.493 e. The van der Waals surface area contributed by atoms with Gasteiger partial charge in [-0.25, -0.2) is 4.98 Å². The van der Waals surface area contributed by atoms with Crippen molar-refractivity contribution < 1.29 is 23.7 Å². The minimum atomic E-state index is -0.172. The lowest BCUT2D eigenvalue weighted by Crippen LogP contribution is -2.05. The first-order chi connectivity index (χ1) is 15.1. The van der Waals surface area contributed by atoms with Crippen LogP contribution in [-0.2, 0) is 4.74 Å². The standard InChI is InChI=1S/C24H20N2O5/c1-14(27)24-23(9-15-5-3-4-6-18(15)26-24)31-20-7-8-25-19-11-22(30-13-16-12-29-16)21(28-2)10-17(19)20/h3-11,16H,12-13H2,1-2H3. The Hall–Kier alpha value is -3.71. The van der Waals surface area contributed by atoms with Crippen molar-refractivity contribution in [2.45, 2.75) is 13.0 Å². The van der Waals surface area contributed by atoms with Gasteiger partial charge in [0.25, 0.3) is 0 Å². The van der Waals surface area contributed by atoms with E-state index in [0.29, 0.717) is 41.7 Å². The van der Waals surface area contributed by atoms with Gasteiger partial charge in [-0.05, 0) is 24.3 Å². The summed E-state index contributed by atoms with van der Waals surface area (Å²) in [7, 11) is 1.58. The number of hydrogen-bond donors (Lipinski definition) is 0. The number of pyridine rings is 2. The Kier molecular flexibility index (Phi) is 4.88. The molecule has 4 aromatic rings. The lowest BCUT2D eigenvalue weighted by Gasteiger charge is -2.14. The largest absolute Gasteiger partial charge is 0.493 e. The highest BCUT2D eigenvalue weighted by Crippen LogP contribution is 2.38. The van der Waals surface area contributed by atoms with E-state index in [-0.39, 0.29) is 17.6 Å². The molecule has 0 bridgehead atoms. The van der Waals surface area contributed by atoms with Gasteiger partial charge in [0.05, 0.1) is 24.8 Å². The van der Waals surface area contributed by atoms with Crippen LogP contribution in [0.2, 0.25) is 0 Å². The number of methoxy groups -OCH3 is 1. The molecular weight excluding hydrogens is 396 g/mol. The second-order valence-corrected chi connectivity index (χ2v) is 7.28. The van der Waals surface area contributed by atoms with Crippen molar-refractivity contribution in [2.75, 3.05) is 20.3 Å². The van der Waals surface area contributed by atoms with Gasteiger partial charge in [0, 0.05) is 30.0 Å². The highest BCUT2D eigenvalue weighted by molar-refractivity contribution is 5.98. The zero-order valence-electron chi connectivity index (χ0n) is 17.1. The van der Waals surface area contributed by atoms with Crippen LogP contribution in [0.25, 0.3) is 21.8 Å². The van der Waals surface area contributed by atoms with Crippen LogP contribution in [0, 0.1) is 0 Å². The number of epoxide rings is 1. The summed E-state index contributed by atoms with van der Waals surface area (Å²) in [6.45, 7) is 2.65. The second-order valence-electron chi connectivity index (χ2n) is 7.28. The number of carbonyl (C=O) groups is 1. The molecule has 2 aromatic carbocycles. The van der Waals surface area contributed by atoms with E-state index in [9.17, 15) is 4.79 Å². The number of ketones is 1. The van der Waals surface area contributed by atoms with Gasteiger partial charge in [0.2, 0.25) is 0 Å². The number of para-hydroxylation sites is 1. The Morgan fingerprint density at radius 1 is 1.06 bits per heavy atom. The molecule has 1 unspecified atom stereocenters. The van der Waals surface area contributed by atoms with E-state index in [2.05, 4.69) is 9.97 Å². The molecule has 5 rings (SSSR count). The van der Waals surface area contributed by atoms with Crippen LogP contribution < -0.4 is 14.2 Å². The zero-order chi connectivity index (χ0) is 21.4. The molecule has 1 aliphatic rings. The molecule has 2 aromatic heterocycles. The summed E-state index contributed by atoms with van der Waals surface area (Å²) in [5.41, 5.74) is 1.70. The van der Waals surface area contributed by atoms with E-state index < -0.39 is 0 Å². The van der Waals surface area contributed by atoms with E-state index in [1.54, 1.807) is 19.4 Å². The van der Waals surface area contributed by atoms with Crippen LogP contribution in [0.3, 0.4) is 0 Å². The molecule has 1 fully saturated rings. The van der Waals surface area contributed by atoms with E-state index >= 15 is 0 Å². The monoisotopic (exact) mass is 416 g/mol. The van der Waals surface area contributed by atoms with Crippen LogP contribution in [0.4, 0.5) is 0 Å². The highest BCUT2D eigenvalue weighted by Gasteiger charge is 2.24. The summed E-state index contributed by atoms with van der Waals surface area (Å²) in [5.74, 6) is 1.92. The van der Waals surface area contributed by atoms with Crippen LogP contribution in [0.15, 0.2) is 54.7 Å². The fourth-order valence-electron chi connectivity index (χ4n) is 3.38. The fraction of sp³-hybridized carbons (Fsp3) is 0.208. The molecule has 0 amide bonds. The Balaban J connectivity index is 1.57. The van der Waals surface area contributed by atoms with E-state index in [1.807, 2.05) is 42.5 Å². The van der Waals surface area contributed by atoms with Crippen molar-refractivity contribution >= 4 is 27.6 Å². The average Bonchev–Trinajstić information content (AvgIpc) is 3.61. The van der Waals surface area contributed by atoms with E-state index in [1.165, 1.54) is 6.92 Å². The number of nitrogens with zero attached hydrogens (tertiary/aromatic N) is 2. The first kappa shape index (κ1) is 19.3. The molecule has 1 aliphatic heterocycles. The van der Waals surface area contributed by atoms with Gasteiger partial charge < -0.3 is 18.9 Å². The predicted molar refractivity (Wildman–Crippen MR) is 115 cm³/mol. The Morgan fingerprint density at radius 3 is 2.68 bits per heavy atom. The van der Waals surface area contributed by atoms with Crippen LogP contribution in [-0.4, -0.2) is 42.2 Å². The maximum absolute atomic E-state index is 12.2. The SMILES string of the molecule is COc1cc2c(Oc3cc4ccccc4nc3C(C)=O)ccnc2cc1OCC1CO1. The van der Waals surface area contributed by atoms with Crippen molar-refractivity contribution in [2.24, 2.45) is 0 Å². The second kappa shape index (κ2) is 7.85. The van der Waals surface area contributed by atoms with Crippen LogP contribution in [0.5, 0.6) is 23.0 Å². The van der Waals surface area contributed by atoms with Gasteiger partial charge in [-0.3, -0.25) is 9.78 Å². The molecule has 0 N–H and O–H groups in total. The summed E-state index contributed by atoms with van der Waals surface area (Å²) in [6, 6.07) is 14.8. The Labute approximate surface area is 178 Å². The molecule has 0 aliphatic carbocycles. The van der Waals surface area contributed by atoms with Crippen molar-refractivity contribution in [3.63, 3.8) is 0 Å². The lowest BCUT2D eigenvalue weighted by atomic mass is 10.1.